The first-order valence-corrected chi connectivity index (χ1v) is 33.3. The van der Waals surface area contributed by atoms with Gasteiger partial charge in [0, 0.05) is 80.9 Å². The van der Waals surface area contributed by atoms with Crippen molar-refractivity contribution in [3.05, 3.63) is 118 Å². The van der Waals surface area contributed by atoms with Gasteiger partial charge in [0.05, 0.1) is 110 Å². The number of nitrogens with zero attached hydrogens (tertiary/aromatic N) is 7. The molecule has 2 aliphatic heterocycles. The summed E-state index contributed by atoms with van der Waals surface area (Å²) in [6, 6.07) is 19.8. The summed E-state index contributed by atoms with van der Waals surface area (Å²) in [7, 11) is 0. The van der Waals surface area contributed by atoms with Gasteiger partial charge in [-0.2, -0.15) is 9.97 Å². The van der Waals surface area contributed by atoms with Gasteiger partial charge in [0.1, 0.15) is 47.1 Å². The second-order valence-electron chi connectivity index (χ2n) is 24.2. The number of thiazole rings is 1. The number of aromatic nitrogens is 4. The van der Waals surface area contributed by atoms with Gasteiger partial charge < -0.3 is 63.0 Å². The van der Waals surface area contributed by atoms with E-state index in [1.165, 1.54) is 23.5 Å². The van der Waals surface area contributed by atoms with Crippen LogP contribution >= 0.6 is 22.9 Å². The molecular weight excluding hydrogens is 1240 g/mol. The maximum absolute atomic E-state index is 17.1. The van der Waals surface area contributed by atoms with Gasteiger partial charge in [0.15, 0.2) is 5.82 Å². The zero-order valence-corrected chi connectivity index (χ0v) is 55.1. The SMILES string of the molecule is C=CC(=O)N1CCN(c2nc(O[C@H](C)CN3CCC(OCCOCCOCCOCCOCCOc4cc(-c5scnc5C)ccc4CNC(=O)[C@@H]4C[C@@H](O)CC4C(=O)[C@H](c4cc(C)no4)C(C)C)CC3)nc3c(F)c(-c4cc(O)cc5ccccc45)c(Cl)cc23)CC1. The third-order valence-corrected chi connectivity index (χ3v) is 18.5. The highest BCUT2D eigenvalue weighted by Crippen LogP contribution is 2.44. The number of benzene rings is 4. The Hall–Kier alpha value is -7.19. The summed E-state index contributed by atoms with van der Waals surface area (Å²) in [5.41, 5.74) is 5.64. The molecule has 3 N–H and O–H groups in total. The Labute approximate surface area is 550 Å². The quantitative estimate of drug-likeness (QED) is 0.0262. The Balaban J connectivity index is 0.601. The maximum atomic E-state index is 17.1. The van der Waals surface area contributed by atoms with Gasteiger partial charge in [-0.15, -0.1) is 11.3 Å². The number of Topliss-reactive ketones (excluding diaryl/α,β-unsaturated/α-hetero) is 1. The first-order valence-electron chi connectivity index (χ1n) is 32.0. The number of nitrogens with one attached hydrogen (secondary N) is 1. The number of carbonyl (C=O) groups is 3. The van der Waals surface area contributed by atoms with E-state index in [-0.39, 0.29) is 89.6 Å². The van der Waals surface area contributed by atoms with Crippen LogP contribution in [0.5, 0.6) is 17.5 Å². The number of halogens is 2. The molecular formula is C69H84ClFN8O13S. The number of piperazine rings is 1. The van der Waals surface area contributed by atoms with E-state index in [0.717, 1.165) is 58.4 Å². The summed E-state index contributed by atoms with van der Waals surface area (Å²) in [6.07, 6.45) is 2.34. The van der Waals surface area contributed by atoms with Gasteiger partial charge in [-0.25, -0.2) is 9.37 Å². The molecule has 10 rings (SSSR count). The molecule has 5 heterocycles. The zero-order valence-electron chi connectivity index (χ0n) is 53.5. The monoisotopic (exact) mass is 1320 g/mol. The largest absolute Gasteiger partial charge is 0.508 e. The minimum atomic E-state index is -0.770. The Morgan fingerprint density at radius 2 is 1.53 bits per heavy atom. The number of rotatable bonds is 32. The minimum Gasteiger partial charge on any atom is -0.508 e. The molecule has 1 unspecified atom stereocenters. The molecule has 3 aromatic heterocycles. The second-order valence-corrected chi connectivity index (χ2v) is 25.5. The van der Waals surface area contributed by atoms with Gasteiger partial charge >= 0.3 is 6.01 Å². The topological polar surface area (TPSA) is 243 Å². The predicted octanol–water partition coefficient (Wildman–Crippen LogP) is 9.92. The summed E-state index contributed by atoms with van der Waals surface area (Å²) in [6.45, 7) is 21.1. The van der Waals surface area contributed by atoms with E-state index in [9.17, 15) is 24.6 Å². The number of aliphatic hydroxyl groups is 1. The number of amides is 2. The molecule has 7 aromatic rings. The number of piperidine rings is 1. The number of likely N-dealkylation sites (tertiary alicyclic amines) is 1. The molecule has 93 heavy (non-hydrogen) atoms. The van der Waals surface area contributed by atoms with Gasteiger partial charge in [-0.1, -0.05) is 73.6 Å². The lowest BCUT2D eigenvalue weighted by Gasteiger charge is -2.35. The zero-order chi connectivity index (χ0) is 65.5. The van der Waals surface area contributed by atoms with Crippen LogP contribution in [-0.4, -0.2) is 188 Å². The van der Waals surface area contributed by atoms with Crippen molar-refractivity contribution in [2.24, 2.45) is 17.8 Å². The van der Waals surface area contributed by atoms with Crippen LogP contribution in [0.15, 0.2) is 89.4 Å². The van der Waals surface area contributed by atoms with Crippen LogP contribution < -0.4 is 19.7 Å². The van der Waals surface area contributed by atoms with Crippen LogP contribution in [0, 0.1) is 37.4 Å². The number of aryl methyl sites for hydroxylation is 2. The highest BCUT2D eigenvalue weighted by atomic mass is 35.5. The van der Waals surface area contributed by atoms with E-state index >= 15 is 4.39 Å². The molecule has 2 saturated heterocycles. The Bertz CT molecular complexity index is 3690. The molecule has 1 aliphatic carbocycles. The van der Waals surface area contributed by atoms with Crippen molar-refractivity contribution in [2.45, 2.75) is 91.1 Å². The first kappa shape index (κ1) is 68.7. The van der Waals surface area contributed by atoms with Crippen LogP contribution in [0.3, 0.4) is 0 Å². The molecule has 1 saturated carbocycles. The molecule has 21 nitrogen and oxygen atoms in total. The number of hydrogen-bond acceptors (Lipinski definition) is 20. The molecule has 0 radical (unpaired) electrons. The Morgan fingerprint density at radius 1 is 0.839 bits per heavy atom. The van der Waals surface area contributed by atoms with Gasteiger partial charge in [0.2, 0.25) is 11.8 Å². The minimum absolute atomic E-state index is 0.0202. The summed E-state index contributed by atoms with van der Waals surface area (Å²) in [4.78, 5) is 61.2. The summed E-state index contributed by atoms with van der Waals surface area (Å²) in [5, 5.41) is 30.4. The van der Waals surface area contributed by atoms with Crippen LogP contribution in [-0.2, 0) is 44.6 Å². The fraction of sp³-hybridized carbons (Fsp3) is 0.493. The number of ether oxygens (including phenoxy) is 7. The number of aromatic hydroxyl groups is 1. The van der Waals surface area contributed by atoms with Crippen LogP contribution in [0.2, 0.25) is 5.02 Å². The van der Waals surface area contributed by atoms with Crippen LogP contribution in [0.25, 0.3) is 43.2 Å². The molecule has 2 amide bonds. The number of anilines is 1. The van der Waals surface area contributed by atoms with E-state index in [4.69, 9.17) is 54.3 Å². The molecule has 24 heteroatoms. The van der Waals surface area contributed by atoms with Crippen LogP contribution in [0.4, 0.5) is 10.2 Å². The standard InChI is InChI=1S/C69H84ClFN8O13S/c1-7-60(82)78-18-20-79(21-19-78)67-56-38-57(70)62(53-35-49(80)33-46-10-8-9-11-52(46)53)63(71)64(56)74-69(75-67)91-44(5)40-77-16-14-51(15-17-77)89-30-28-87-26-24-85-22-23-86-25-27-88-29-31-90-58-34-47(66-45(6)73-41-93-66)12-13-48(58)39-72-68(84)55-37-50(81)36-54(55)65(83)61(42(2)3)59-32-43(4)76-92-59/h7-13,32-35,38,41-42,44,50-51,54-55,61,80-81H,1,14-31,36-37,39-40H2,2-6H3,(H,72,84)/t44-,50+,54?,55-,61+/m1/s1. The van der Waals surface area contributed by atoms with Gasteiger partial charge in [-0.05, 0) is 105 Å². The molecule has 3 aliphatic rings. The molecule has 0 spiro atoms. The van der Waals surface area contributed by atoms with Crippen molar-refractivity contribution in [3.8, 4) is 39.1 Å². The van der Waals surface area contributed by atoms with Crippen molar-refractivity contribution in [1.29, 1.82) is 0 Å². The lowest BCUT2D eigenvalue weighted by atomic mass is 9.79. The average Bonchev–Trinajstić information content (AvgIpc) is 1.38. The van der Waals surface area contributed by atoms with Crippen molar-refractivity contribution in [2.75, 3.05) is 117 Å². The van der Waals surface area contributed by atoms with Crippen molar-refractivity contribution < 1.29 is 66.7 Å². The third kappa shape index (κ3) is 17.6. The smallest absolute Gasteiger partial charge is 0.319 e. The van der Waals surface area contributed by atoms with Gasteiger partial charge in [-0.3, -0.25) is 19.3 Å². The van der Waals surface area contributed by atoms with E-state index in [1.54, 1.807) is 35.5 Å². The third-order valence-electron chi connectivity index (χ3n) is 17.3. The number of hydrogen-bond donors (Lipinski definition) is 3. The summed E-state index contributed by atoms with van der Waals surface area (Å²) in [5.74, 6) is -1.79. The normalized spacial score (nSPS) is 18.0. The predicted molar refractivity (Wildman–Crippen MR) is 353 cm³/mol. The van der Waals surface area contributed by atoms with Crippen molar-refractivity contribution in [3.63, 3.8) is 0 Å². The van der Waals surface area contributed by atoms with E-state index < -0.39 is 29.7 Å². The average molecular weight is 1320 g/mol. The number of phenolic OH excluding ortho intramolecular Hbond substituents is 1. The fourth-order valence-corrected chi connectivity index (χ4v) is 13.7. The lowest BCUT2D eigenvalue weighted by molar-refractivity contribution is -0.134. The number of fused-ring (bicyclic) bond motifs is 2. The molecule has 498 valence electrons. The lowest BCUT2D eigenvalue weighted by Crippen LogP contribution is -2.48. The summed E-state index contributed by atoms with van der Waals surface area (Å²) < 4.78 is 64.5. The van der Waals surface area contributed by atoms with E-state index in [1.807, 2.05) is 75.1 Å². The van der Waals surface area contributed by atoms with Crippen LogP contribution in [0.1, 0.15) is 75.1 Å². The summed E-state index contributed by atoms with van der Waals surface area (Å²) >= 11 is 8.47. The van der Waals surface area contributed by atoms with Gasteiger partial charge in [0.25, 0.3) is 0 Å². The number of aliphatic hydroxyl groups excluding tert-OH is 1. The Morgan fingerprint density at radius 3 is 2.19 bits per heavy atom. The highest BCUT2D eigenvalue weighted by Gasteiger charge is 2.46. The highest BCUT2D eigenvalue weighted by molar-refractivity contribution is 7.13. The number of phenols is 1. The fourth-order valence-electron chi connectivity index (χ4n) is 12.6. The second kappa shape index (κ2) is 32.8. The number of ketones is 1. The molecule has 5 atom stereocenters. The molecule has 3 fully saturated rings. The Kier molecular flexibility index (Phi) is 24.2. The van der Waals surface area contributed by atoms with E-state index in [0.29, 0.717) is 126 Å². The van der Waals surface area contributed by atoms with Crippen molar-refractivity contribution in [1.82, 2.24) is 35.2 Å². The molecule has 4 aromatic carbocycles. The maximum Gasteiger partial charge on any atom is 0.319 e. The molecule has 0 bridgehead atoms. The van der Waals surface area contributed by atoms with E-state index in [2.05, 4.69) is 31.9 Å². The first-order chi connectivity index (χ1) is 45.0. The number of carbonyl (C=O) groups excluding carboxylic acids is 3. The van der Waals surface area contributed by atoms with Crippen molar-refractivity contribution >= 4 is 68.0 Å².